The summed E-state index contributed by atoms with van der Waals surface area (Å²) in [5.41, 5.74) is 2.07. The van der Waals surface area contributed by atoms with Crippen LogP contribution in [0.5, 0.6) is 0 Å². The average Bonchev–Trinajstić information content (AvgIpc) is 3.38. The lowest BCUT2D eigenvalue weighted by atomic mass is 10.1. The van der Waals surface area contributed by atoms with Gasteiger partial charge in [-0.2, -0.15) is 16.1 Å². The predicted octanol–water partition coefficient (Wildman–Crippen LogP) is 4.68. The van der Waals surface area contributed by atoms with Crippen molar-refractivity contribution in [2.75, 3.05) is 10.6 Å². The van der Waals surface area contributed by atoms with Crippen LogP contribution in [0.25, 0.3) is 21.9 Å². The molecule has 2 aromatic heterocycles. The molecule has 0 unspecified atom stereocenters. The van der Waals surface area contributed by atoms with E-state index in [4.69, 9.17) is 4.42 Å². The van der Waals surface area contributed by atoms with Crippen LogP contribution in [0.15, 0.2) is 62.5 Å². The molecule has 33 heavy (non-hydrogen) atoms. The maximum atomic E-state index is 12.7. The van der Waals surface area contributed by atoms with Gasteiger partial charge in [-0.05, 0) is 47.7 Å². The van der Waals surface area contributed by atoms with Crippen LogP contribution in [0, 0.1) is 5.92 Å². The number of amides is 2. The number of carboxylic acids is 1. The van der Waals surface area contributed by atoms with E-state index < -0.39 is 34.0 Å². The molecule has 172 valence electrons. The molecule has 4 rings (SSSR count). The number of fused-ring (bicyclic) bond motifs is 3. The summed E-state index contributed by atoms with van der Waals surface area (Å²) in [6.07, 6.45) is 0. The molecule has 0 aliphatic rings. The largest absolute Gasteiger partial charge is 0.480 e. The first-order valence-corrected chi connectivity index (χ1v) is 12.4. The first-order valence-electron chi connectivity index (χ1n) is 9.96. The van der Waals surface area contributed by atoms with Gasteiger partial charge in [-0.25, -0.2) is 13.2 Å². The van der Waals surface area contributed by atoms with Gasteiger partial charge in [0.2, 0.25) is 10.0 Å². The highest BCUT2D eigenvalue weighted by Gasteiger charge is 2.28. The quantitative estimate of drug-likeness (QED) is 0.299. The summed E-state index contributed by atoms with van der Waals surface area (Å²) in [7, 11) is -4.08. The minimum Gasteiger partial charge on any atom is -0.480 e. The first kappa shape index (κ1) is 22.8. The second-order valence-corrected chi connectivity index (χ2v) is 10.2. The van der Waals surface area contributed by atoms with Crippen molar-refractivity contribution in [3.05, 3.63) is 53.2 Å². The number of hydrogen-bond donors (Lipinski definition) is 4. The number of carbonyl (C=O) groups is 2. The van der Waals surface area contributed by atoms with Crippen molar-refractivity contribution in [2.45, 2.75) is 24.8 Å². The third kappa shape index (κ3) is 4.85. The molecule has 0 spiro atoms. The van der Waals surface area contributed by atoms with Crippen LogP contribution in [0.4, 0.5) is 16.2 Å². The fourth-order valence-electron chi connectivity index (χ4n) is 3.34. The van der Waals surface area contributed by atoms with Gasteiger partial charge < -0.3 is 20.2 Å². The van der Waals surface area contributed by atoms with Gasteiger partial charge >= 0.3 is 12.0 Å². The van der Waals surface area contributed by atoms with Gasteiger partial charge in [0.1, 0.15) is 17.2 Å². The van der Waals surface area contributed by atoms with Gasteiger partial charge in [0.15, 0.2) is 0 Å². The standard InChI is InChI=1S/C22H21N3O6S2/c1-12(2)20(21(26)27)25-33(29,30)15-4-5-16-17-9-13(3-6-18(17)31-19(16)10-15)23-22(28)24-14-7-8-32-11-14/h3-12,20,25H,1-2H3,(H,26,27)(H2,23,24,28)/t20-/m0/s1. The van der Waals surface area contributed by atoms with Crippen molar-refractivity contribution < 1.29 is 27.5 Å². The number of anilines is 2. The molecule has 9 nitrogen and oxygen atoms in total. The maximum absolute atomic E-state index is 12.7. The van der Waals surface area contributed by atoms with Gasteiger partial charge in [-0.15, -0.1) is 0 Å². The molecule has 2 heterocycles. The van der Waals surface area contributed by atoms with Gasteiger partial charge in [0.25, 0.3) is 0 Å². The predicted molar refractivity (Wildman–Crippen MR) is 127 cm³/mol. The normalized spacial score (nSPS) is 12.8. The van der Waals surface area contributed by atoms with Gasteiger partial charge in [-0.1, -0.05) is 13.8 Å². The molecule has 0 fully saturated rings. The Labute approximate surface area is 193 Å². The van der Waals surface area contributed by atoms with Crippen LogP contribution in [0.2, 0.25) is 0 Å². The number of furan rings is 1. The van der Waals surface area contributed by atoms with Crippen molar-refractivity contribution in [2.24, 2.45) is 5.92 Å². The molecule has 0 saturated carbocycles. The summed E-state index contributed by atoms with van der Waals surface area (Å²) in [6, 6.07) is 9.58. The number of urea groups is 1. The van der Waals surface area contributed by atoms with E-state index in [0.717, 1.165) is 0 Å². The zero-order valence-electron chi connectivity index (χ0n) is 17.7. The Bertz CT molecular complexity index is 1440. The zero-order valence-corrected chi connectivity index (χ0v) is 19.3. The fraction of sp³-hybridized carbons (Fsp3) is 0.182. The van der Waals surface area contributed by atoms with Crippen LogP contribution in [0.1, 0.15) is 13.8 Å². The van der Waals surface area contributed by atoms with E-state index >= 15 is 0 Å². The third-order valence-corrected chi connectivity index (χ3v) is 7.13. The van der Waals surface area contributed by atoms with E-state index in [1.54, 1.807) is 44.2 Å². The summed E-state index contributed by atoms with van der Waals surface area (Å²) < 4.78 is 33.5. The zero-order chi connectivity index (χ0) is 23.8. The molecule has 0 radical (unpaired) electrons. The highest BCUT2D eigenvalue weighted by molar-refractivity contribution is 7.89. The summed E-state index contributed by atoms with van der Waals surface area (Å²) in [5.74, 6) is -1.68. The molecular weight excluding hydrogens is 466 g/mol. The Morgan fingerprint density at radius 2 is 1.73 bits per heavy atom. The average molecular weight is 488 g/mol. The number of nitrogens with one attached hydrogen (secondary N) is 3. The second-order valence-electron chi connectivity index (χ2n) is 7.74. The van der Waals surface area contributed by atoms with Crippen molar-refractivity contribution >= 4 is 66.7 Å². The fourth-order valence-corrected chi connectivity index (χ4v) is 5.28. The molecule has 11 heteroatoms. The number of sulfonamides is 1. The lowest BCUT2D eigenvalue weighted by Crippen LogP contribution is -2.44. The van der Waals surface area contributed by atoms with E-state index in [9.17, 15) is 23.1 Å². The number of carbonyl (C=O) groups excluding carboxylic acids is 1. The van der Waals surface area contributed by atoms with Gasteiger partial charge in [0, 0.05) is 27.9 Å². The van der Waals surface area contributed by atoms with Crippen molar-refractivity contribution in [1.29, 1.82) is 0 Å². The van der Waals surface area contributed by atoms with Crippen LogP contribution < -0.4 is 15.4 Å². The van der Waals surface area contributed by atoms with Crippen LogP contribution >= 0.6 is 11.3 Å². The van der Waals surface area contributed by atoms with Gasteiger partial charge in [-0.3, -0.25) is 4.79 Å². The summed E-state index contributed by atoms with van der Waals surface area (Å²) in [5, 5.41) is 19.8. The van der Waals surface area contributed by atoms with Crippen LogP contribution in [0.3, 0.4) is 0 Å². The Kier molecular flexibility index (Phi) is 6.11. The van der Waals surface area contributed by atoms with Crippen LogP contribution in [-0.4, -0.2) is 31.6 Å². The Morgan fingerprint density at radius 3 is 2.39 bits per heavy atom. The molecule has 2 amide bonds. The Hall–Kier alpha value is -3.41. The molecule has 2 aromatic carbocycles. The highest BCUT2D eigenvalue weighted by Crippen LogP contribution is 2.32. The maximum Gasteiger partial charge on any atom is 0.323 e. The molecule has 1 atom stereocenters. The summed E-state index contributed by atoms with van der Waals surface area (Å²) in [6.45, 7) is 3.24. The minimum atomic E-state index is -4.08. The summed E-state index contributed by atoms with van der Waals surface area (Å²) >= 11 is 1.47. The number of rotatable bonds is 7. The lowest BCUT2D eigenvalue weighted by molar-refractivity contribution is -0.140. The van der Waals surface area contributed by atoms with E-state index in [0.29, 0.717) is 33.3 Å². The molecule has 4 aromatic rings. The number of hydrogen-bond acceptors (Lipinski definition) is 6. The smallest absolute Gasteiger partial charge is 0.323 e. The number of aliphatic carboxylic acids is 1. The van der Waals surface area contributed by atoms with Crippen molar-refractivity contribution in [3.8, 4) is 0 Å². The monoisotopic (exact) mass is 487 g/mol. The second kappa shape index (κ2) is 8.85. The topological polar surface area (TPSA) is 138 Å². The number of benzene rings is 2. The van der Waals surface area contributed by atoms with E-state index in [1.165, 1.54) is 23.5 Å². The van der Waals surface area contributed by atoms with E-state index in [-0.39, 0.29) is 4.90 Å². The molecular formula is C22H21N3O6S2. The third-order valence-electron chi connectivity index (χ3n) is 5.00. The molecule has 0 saturated heterocycles. The van der Waals surface area contributed by atoms with Gasteiger partial charge in [0.05, 0.1) is 10.6 Å². The summed E-state index contributed by atoms with van der Waals surface area (Å²) in [4.78, 5) is 23.5. The van der Waals surface area contributed by atoms with E-state index in [1.807, 2.05) is 10.8 Å². The SMILES string of the molecule is CC(C)[C@H](NS(=O)(=O)c1ccc2c(c1)oc1ccc(NC(=O)Nc3ccsc3)cc12)C(=O)O. The van der Waals surface area contributed by atoms with E-state index in [2.05, 4.69) is 15.4 Å². The minimum absolute atomic E-state index is 0.102. The number of carboxylic acid groups (broad SMARTS) is 1. The molecule has 4 N–H and O–H groups in total. The molecule has 0 aliphatic heterocycles. The van der Waals surface area contributed by atoms with Crippen molar-refractivity contribution in [3.63, 3.8) is 0 Å². The number of thiophene rings is 1. The Morgan fingerprint density at radius 1 is 0.970 bits per heavy atom. The van der Waals surface area contributed by atoms with Crippen LogP contribution in [-0.2, 0) is 14.8 Å². The molecule has 0 aliphatic carbocycles. The Balaban J connectivity index is 1.62. The lowest BCUT2D eigenvalue weighted by Gasteiger charge is -2.17. The molecule has 0 bridgehead atoms. The first-order chi connectivity index (χ1) is 15.6. The van der Waals surface area contributed by atoms with Crippen molar-refractivity contribution in [1.82, 2.24) is 4.72 Å². The highest BCUT2D eigenvalue weighted by atomic mass is 32.2.